The fraction of sp³-hybridized carbons (Fsp3) is 0.0952. The smallest absolute Gasteiger partial charge is 0.248 e. The first-order valence-corrected chi connectivity index (χ1v) is 11.4. The van der Waals surface area contributed by atoms with Crippen molar-refractivity contribution < 1.29 is 21.6 Å². The lowest BCUT2D eigenvalue weighted by Gasteiger charge is -2.26. The molecule has 10 heteroatoms. The standard InChI is InChI=1S/C21H21N3O5S2/c1-14-3-8-17(9-4-14)23(30(26)27)19-12-7-16(21(22)25)13-20(19)24(31(28)29)18-10-5-15(2)6-11-18/h3-13,30-31H,1-2H3,(H2,22,25). The van der Waals surface area contributed by atoms with E-state index in [9.17, 15) is 21.6 Å². The van der Waals surface area contributed by atoms with E-state index in [2.05, 4.69) is 0 Å². The van der Waals surface area contributed by atoms with E-state index in [1.165, 1.54) is 18.2 Å². The predicted molar refractivity (Wildman–Crippen MR) is 122 cm³/mol. The third-order valence-corrected chi connectivity index (χ3v) is 6.15. The highest BCUT2D eigenvalue weighted by molar-refractivity contribution is 7.75. The van der Waals surface area contributed by atoms with E-state index in [1.54, 1.807) is 48.5 Å². The summed E-state index contributed by atoms with van der Waals surface area (Å²) in [6, 6.07) is 17.3. The second-order valence-corrected chi connectivity index (χ2v) is 8.59. The number of nitrogens with two attached hydrogens (primary N) is 1. The number of carbonyl (C=O) groups excluding carboxylic acids is 1. The number of rotatable bonds is 7. The van der Waals surface area contributed by atoms with Gasteiger partial charge in [0.05, 0.1) is 22.7 Å². The van der Waals surface area contributed by atoms with Gasteiger partial charge in [0, 0.05) is 5.56 Å². The lowest BCUT2D eigenvalue weighted by Crippen LogP contribution is -2.22. The number of amides is 1. The first-order valence-electron chi connectivity index (χ1n) is 9.15. The molecule has 0 saturated heterocycles. The normalized spacial score (nSPS) is 11.0. The van der Waals surface area contributed by atoms with Crippen LogP contribution in [-0.2, 0) is 21.8 Å². The van der Waals surface area contributed by atoms with Gasteiger partial charge < -0.3 is 5.73 Å². The number of nitrogens with zero attached hydrogens (tertiary/aromatic N) is 2. The molecule has 0 saturated carbocycles. The number of anilines is 4. The fourth-order valence-corrected chi connectivity index (χ4v) is 4.37. The lowest BCUT2D eigenvalue weighted by atomic mass is 10.1. The van der Waals surface area contributed by atoms with Crippen molar-refractivity contribution in [2.24, 2.45) is 5.73 Å². The number of primary amides is 1. The summed E-state index contributed by atoms with van der Waals surface area (Å²) in [5.74, 6) is -0.772. The molecule has 2 N–H and O–H groups in total. The molecule has 162 valence electrons. The zero-order valence-corrected chi connectivity index (χ0v) is 18.5. The maximum atomic E-state index is 12.3. The molecule has 3 rings (SSSR count). The summed E-state index contributed by atoms with van der Waals surface area (Å²) in [5, 5.41) is 0. The SMILES string of the molecule is Cc1ccc(N(c2ccc(C(N)=O)cc2N(c2ccc(C)cc2)[SH](=O)=O)[SH](=O)=O)cc1. The number of carbonyl (C=O) groups is 1. The Bertz CT molecular complexity index is 1250. The van der Waals surface area contributed by atoms with Crippen LogP contribution in [0.1, 0.15) is 21.5 Å². The van der Waals surface area contributed by atoms with E-state index in [4.69, 9.17) is 5.73 Å². The summed E-state index contributed by atoms with van der Waals surface area (Å²) < 4.78 is 51.0. The minimum absolute atomic E-state index is 0.0176. The van der Waals surface area contributed by atoms with Gasteiger partial charge in [-0.1, -0.05) is 35.4 Å². The van der Waals surface area contributed by atoms with Crippen molar-refractivity contribution in [3.8, 4) is 0 Å². The average Bonchev–Trinajstić information content (AvgIpc) is 2.71. The molecule has 0 bridgehead atoms. The second kappa shape index (κ2) is 9.19. The largest absolute Gasteiger partial charge is 0.366 e. The van der Waals surface area contributed by atoms with E-state index in [0.29, 0.717) is 5.69 Å². The van der Waals surface area contributed by atoms with Crippen molar-refractivity contribution in [1.29, 1.82) is 0 Å². The van der Waals surface area contributed by atoms with Gasteiger partial charge in [0.1, 0.15) is 0 Å². The monoisotopic (exact) mass is 459 g/mol. The number of hydrogen-bond donors (Lipinski definition) is 3. The molecule has 3 aromatic carbocycles. The Morgan fingerprint density at radius 2 is 1.10 bits per heavy atom. The molecule has 0 aliphatic rings. The molecule has 0 fully saturated rings. The molecule has 0 spiro atoms. The Balaban J connectivity index is 2.30. The summed E-state index contributed by atoms with van der Waals surface area (Å²) in [5.41, 5.74) is 7.92. The van der Waals surface area contributed by atoms with Gasteiger partial charge in [-0.05, 0) is 56.3 Å². The summed E-state index contributed by atoms with van der Waals surface area (Å²) in [6.45, 7) is 3.71. The summed E-state index contributed by atoms with van der Waals surface area (Å²) in [7, 11) is -6.43. The minimum Gasteiger partial charge on any atom is -0.366 e. The van der Waals surface area contributed by atoms with Crippen molar-refractivity contribution in [2.45, 2.75) is 13.8 Å². The average molecular weight is 460 g/mol. The van der Waals surface area contributed by atoms with E-state index in [-0.39, 0.29) is 22.6 Å². The molecule has 1 amide bonds. The van der Waals surface area contributed by atoms with Gasteiger partial charge in [0.25, 0.3) is 0 Å². The van der Waals surface area contributed by atoms with E-state index < -0.39 is 27.7 Å². The van der Waals surface area contributed by atoms with Crippen molar-refractivity contribution in [3.05, 3.63) is 83.4 Å². The predicted octanol–water partition coefficient (Wildman–Crippen LogP) is 2.73. The Morgan fingerprint density at radius 1 is 0.677 bits per heavy atom. The Hall–Kier alpha value is -3.37. The zero-order chi connectivity index (χ0) is 22.7. The summed E-state index contributed by atoms with van der Waals surface area (Å²) >= 11 is 0. The molecule has 31 heavy (non-hydrogen) atoms. The molecule has 0 aromatic heterocycles. The summed E-state index contributed by atoms with van der Waals surface area (Å²) in [6.07, 6.45) is 0. The Morgan fingerprint density at radius 3 is 1.48 bits per heavy atom. The molecular formula is C21H21N3O5S2. The highest BCUT2D eigenvalue weighted by atomic mass is 32.2. The first kappa shape index (κ1) is 22.3. The van der Waals surface area contributed by atoms with Gasteiger partial charge in [-0.15, -0.1) is 0 Å². The van der Waals surface area contributed by atoms with Crippen LogP contribution in [-0.4, -0.2) is 22.7 Å². The number of thiol groups is 2. The fourth-order valence-electron chi connectivity index (χ4n) is 3.04. The highest BCUT2D eigenvalue weighted by Gasteiger charge is 2.23. The van der Waals surface area contributed by atoms with Crippen LogP contribution in [0.15, 0.2) is 66.7 Å². The quantitative estimate of drug-likeness (QED) is 0.470. The van der Waals surface area contributed by atoms with Crippen LogP contribution in [0, 0.1) is 13.8 Å². The molecule has 3 aromatic rings. The Kier molecular flexibility index (Phi) is 6.62. The van der Waals surface area contributed by atoms with Gasteiger partial charge in [0.15, 0.2) is 0 Å². The van der Waals surface area contributed by atoms with E-state index >= 15 is 0 Å². The third-order valence-electron chi connectivity index (χ3n) is 4.60. The zero-order valence-electron chi connectivity index (χ0n) is 16.8. The van der Waals surface area contributed by atoms with Crippen molar-refractivity contribution >= 4 is 50.4 Å². The first-order chi connectivity index (χ1) is 14.7. The molecule has 0 heterocycles. The van der Waals surface area contributed by atoms with Gasteiger partial charge in [-0.25, -0.2) is 25.4 Å². The molecule has 0 atom stereocenters. The van der Waals surface area contributed by atoms with Crippen molar-refractivity contribution in [3.63, 3.8) is 0 Å². The van der Waals surface area contributed by atoms with Crippen LogP contribution < -0.4 is 14.3 Å². The summed E-state index contributed by atoms with van der Waals surface area (Å²) in [4.78, 5) is 11.8. The molecule has 0 aliphatic heterocycles. The number of aryl methyl sites for hydroxylation is 2. The molecule has 0 unspecified atom stereocenters. The van der Waals surface area contributed by atoms with Gasteiger partial charge in [-0.3, -0.25) is 4.79 Å². The second-order valence-electron chi connectivity index (χ2n) is 6.84. The number of benzene rings is 3. The van der Waals surface area contributed by atoms with Crippen LogP contribution in [0.4, 0.5) is 22.7 Å². The van der Waals surface area contributed by atoms with E-state index in [0.717, 1.165) is 19.7 Å². The van der Waals surface area contributed by atoms with Gasteiger partial charge in [0.2, 0.25) is 27.7 Å². The van der Waals surface area contributed by atoms with Gasteiger partial charge in [-0.2, -0.15) is 0 Å². The van der Waals surface area contributed by atoms with Crippen molar-refractivity contribution in [2.75, 3.05) is 8.61 Å². The maximum absolute atomic E-state index is 12.3. The van der Waals surface area contributed by atoms with Crippen LogP contribution in [0.25, 0.3) is 0 Å². The van der Waals surface area contributed by atoms with Crippen LogP contribution in [0.2, 0.25) is 0 Å². The van der Waals surface area contributed by atoms with Crippen LogP contribution in [0.3, 0.4) is 0 Å². The highest BCUT2D eigenvalue weighted by Crippen LogP contribution is 2.39. The third kappa shape index (κ3) is 4.86. The Labute approximate surface area is 183 Å². The van der Waals surface area contributed by atoms with Crippen LogP contribution >= 0.6 is 0 Å². The minimum atomic E-state index is -3.23. The topological polar surface area (TPSA) is 118 Å². The molecular weight excluding hydrogens is 438 g/mol. The molecule has 8 nitrogen and oxygen atoms in total. The molecule has 0 radical (unpaired) electrons. The van der Waals surface area contributed by atoms with Gasteiger partial charge >= 0.3 is 0 Å². The van der Waals surface area contributed by atoms with Crippen LogP contribution in [0.5, 0.6) is 0 Å². The van der Waals surface area contributed by atoms with E-state index in [1.807, 2.05) is 13.8 Å². The van der Waals surface area contributed by atoms with Crippen molar-refractivity contribution in [1.82, 2.24) is 0 Å². The lowest BCUT2D eigenvalue weighted by molar-refractivity contribution is 0.100. The maximum Gasteiger partial charge on any atom is 0.248 e. The number of hydrogen-bond acceptors (Lipinski definition) is 5. The molecule has 0 aliphatic carbocycles.